The van der Waals surface area contributed by atoms with Crippen LogP contribution in [-0.4, -0.2) is 42.2 Å². The Morgan fingerprint density at radius 1 is 1.23 bits per heavy atom. The predicted octanol–water partition coefficient (Wildman–Crippen LogP) is 2.92. The maximum atomic E-state index is 12.3. The van der Waals surface area contributed by atoms with E-state index in [0.29, 0.717) is 26.3 Å². The summed E-state index contributed by atoms with van der Waals surface area (Å²) < 4.78 is 5.27. The van der Waals surface area contributed by atoms with Crippen molar-refractivity contribution in [2.24, 2.45) is 0 Å². The van der Waals surface area contributed by atoms with Crippen molar-refractivity contribution in [2.45, 2.75) is 6.92 Å². The fraction of sp³-hybridized carbons (Fsp3) is 0.294. The molecule has 2 heterocycles. The van der Waals surface area contributed by atoms with Crippen LogP contribution in [0.5, 0.6) is 0 Å². The molecule has 2 amide bonds. The number of rotatable bonds is 2. The highest BCUT2D eigenvalue weighted by atomic mass is 16.5. The second-order valence-corrected chi connectivity index (χ2v) is 5.30. The molecule has 5 nitrogen and oxygen atoms in total. The molecule has 0 unspecified atom stereocenters. The minimum Gasteiger partial charge on any atom is -0.378 e. The highest BCUT2D eigenvalue weighted by Gasteiger charge is 2.17. The van der Waals surface area contributed by atoms with Crippen LogP contribution in [-0.2, 0) is 4.74 Å². The first-order valence-electron chi connectivity index (χ1n) is 7.39. The number of aromatic nitrogens is 1. The molecule has 1 fully saturated rings. The van der Waals surface area contributed by atoms with E-state index in [1.54, 1.807) is 11.1 Å². The molecule has 5 heteroatoms. The van der Waals surface area contributed by atoms with Crippen LogP contribution in [0.25, 0.3) is 11.1 Å². The van der Waals surface area contributed by atoms with Crippen LogP contribution in [0.4, 0.5) is 10.5 Å². The van der Waals surface area contributed by atoms with Crippen molar-refractivity contribution in [1.29, 1.82) is 0 Å². The molecule has 0 atom stereocenters. The Balaban J connectivity index is 1.79. The number of ether oxygens (including phenoxy) is 1. The maximum Gasteiger partial charge on any atom is 0.322 e. The summed E-state index contributed by atoms with van der Waals surface area (Å²) in [7, 11) is 0. The lowest BCUT2D eigenvalue weighted by Gasteiger charge is -2.27. The van der Waals surface area contributed by atoms with Gasteiger partial charge in [-0.25, -0.2) is 4.79 Å². The van der Waals surface area contributed by atoms with Crippen molar-refractivity contribution in [3.63, 3.8) is 0 Å². The van der Waals surface area contributed by atoms with E-state index in [1.165, 1.54) is 0 Å². The first-order valence-corrected chi connectivity index (χ1v) is 7.39. The van der Waals surface area contributed by atoms with Gasteiger partial charge in [0, 0.05) is 36.7 Å². The largest absolute Gasteiger partial charge is 0.378 e. The summed E-state index contributed by atoms with van der Waals surface area (Å²) in [4.78, 5) is 18.2. The summed E-state index contributed by atoms with van der Waals surface area (Å²) in [6.45, 7) is 4.45. The number of morpholine rings is 1. The molecule has 0 aliphatic carbocycles. The summed E-state index contributed by atoms with van der Waals surface area (Å²) in [5.41, 5.74) is 3.94. The van der Waals surface area contributed by atoms with E-state index < -0.39 is 0 Å². The van der Waals surface area contributed by atoms with Crippen LogP contribution >= 0.6 is 0 Å². The smallest absolute Gasteiger partial charge is 0.322 e. The minimum absolute atomic E-state index is 0.0743. The quantitative estimate of drug-likeness (QED) is 0.927. The third-order valence-corrected chi connectivity index (χ3v) is 3.77. The zero-order valence-corrected chi connectivity index (χ0v) is 12.6. The van der Waals surface area contributed by atoms with Crippen LogP contribution in [0.1, 0.15) is 5.56 Å². The number of urea groups is 1. The molecule has 0 spiro atoms. The number of benzene rings is 1. The molecule has 0 radical (unpaired) electrons. The van der Waals surface area contributed by atoms with E-state index in [-0.39, 0.29) is 6.03 Å². The molecule has 3 rings (SSSR count). The van der Waals surface area contributed by atoms with E-state index in [2.05, 4.69) is 10.3 Å². The lowest BCUT2D eigenvalue weighted by molar-refractivity contribution is 0.0564. The minimum atomic E-state index is -0.0743. The van der Waals surface area contributed by atoms with Gasteiger partial charge in [-0.3, -0.25) is 4.98 Å². The molecule has 22 heavy (non-hydrogen) atoms. The average molecular weight is 297 g/mol. The summed E-state index contributed by atoms with van der Waals surface area (Å²) in [5.74, 6) is 0. The lowest BCUT2D eigenvalue weighted by atomic mass is 10.0. The van der Waals surface area contributed by atoms with E-state index in [4.69, 9.17) is 4.74 Å². The van der Waals surface area contributed by atoms with Gasteiger partial charge in [0.15, 0.2) is 0 Å². The highest BCUT2D eigenvalue weighted by Crippen LogP contribution is 2.25. The summed E-state index contributed by atoms with van der Waals surface area (Å²) in [6, 6.07) is 9.88. The Hall–Kier alpha value is -2.40. The number of aryl methyl sites for hydroxylation is 1. The second kappa shape index (κ2) is 6.58. The first-order chi connectivity index (χ1) is 10.7. The molecular weight excluding hydrogens is 278 g/mol. The monoisotopic (exact) mass is 297 g/mol. The van der Waals surface area contributed by atoms with E-state index in [0.717, 1.165) is 22.4 Å². The third-order valence-electron chi connectivity index (χ3n) is 3.77. The number of anilines is 1. The van der Waals surface area contributed by atoms with Gasteiger partial charge in [0.2, 0.25) is 0 Å². The van der Waals surface area contributed by atoms with Gasteiger partial charge < -0.3 is 15.0 Å². The first kappa shape index (κ1) is 14.5. The molecule has 1 aliphatic heterocycles. The van der Waals surface area contributed by atoms with Crippen LogP contribution in [0.2, 0.25) is 0 Å². The number of hydrogen-bond acceptors (Lipinski definition) is 3. The van der Waals surface area contributed by atoms with Crippen molar-refractivity contribution in [2.75, 3.05) is 31.6 Å². The van der Waals surface area contributed by atoms with E-state index >= 15 is 0 Å². The number of hydrogen-bond donors (Lipinski definition) is 1. The fourth-order valence-corrected chi connectivity index (χ4v) is 2.43. The molecule has 1 aliphatic rings. The van der Waals surface area contributed by atoms with Gasteiger partial charge in [-0.1, -0.05) is 18.2 Å². The maximum absolute atomic E-state index is 12.3. The number of carbonyl (C=O) groups is 1. The number of nitrogens with zero attached hydrogens (tertiary/aromatic N) is 2. The molecule has 0 bridgehead atoms. The molecule has 0 saturated carbocycles. The zero-order chi connectivity index (χ0) is 15.4. The Bertz CT molecular complexity index is 652. The average Bonchev–Trinajstić information content (AvgIpc) is 2.58. The fourth-order valence-electron chi connectivity index (χ4n) is 2.43. The van der Waals surface area contributed by atoms with Gasteiger partial charge in [-0.05, 0) is 30.2 Å². The standard InChI is InChI=1S/C17H19N3O2/c1-13-4-5-14(15-3-2-6-18-12-15)11-16(13)19-17(21)20-7-9-22-10-8-20/h2-6,11-12H,7-10H2,1H3,(H,19,21). The normalized spacial score (nSPS) is 14.7. The Kier molecular flexibility index (Phi) is 4.34. The van der Waals surface area contributed by atoms with Gasteiger partial charge in [-0.2, -0.15) is 0 Å². The Labute approximate surface area is 129 Å². The van der Waals surface area contributed by atoms with Crippen molar-refractivity contribution < 1.29 is 9.53 Å². The van der Waals surface area contributed by atoms with Gasteiger partial charge in [0.25, 0.3) is 0 Å². The van der Waals surface area contributed by atoms with Crippen LogP contribution in [0, 0.1) is 6.92 Å². The SMILES string of the molecule is Cc1ccc(-c2cccnc2)cc1NC(=O)N1CCOCC1. The molecule has 1 aromatic heterocycles. The molecule has 114 valence electrons. The van der Waals surface area contributed by atoms with Crippen molar-refractivity contribution in [3.8, 4) is 11.1 Å². The summed E-state index contributed by atoms with van der Waals surface area (Å²) in [5, 5.41) is 3.00. The van der Waals surface area contributed by atoms with E-state index in [1.807, 2.05) is 43.5 Å². The molecule has 2 aromatic rings. The molecular formula is C17H19N3O2. The van der Waals surface area contributed by atoms with Gasteiger partial charge >= 0.3 is 6.03 Å². The van der Waals surface area contributed by atoms with Gasteiger partial charge in [0.1, 0.15) is 0 Å². The van der Waals surface area contributed by atoms with Crippen LogP contribution in [0.15, 0.2) is 42.7 Å². The lowest BCUT2D eigenvalue weighted by Crippen LogP contribution is -2.43. The molecule has 1 N–H and O–H groups in total. The van der Waals surface area contributed by atoms with Crippen LogP contribution in [0.3, 0.4) is 0 Å². The Morgan fingerprint density at radius 3 is 2.77 bits per heavy atom. The molecule has 1 saturated heterocycles. The van der Waals surface area contributed by atoms with Crippen molar-refractivity contribution >= 4 is 11.7 Å². The molecule has 1 aromatic carbocycles. The summed E-state index contributed by atoms with van der Waals surface area (Å²) >= 11 is 0. The second-order valence-electron chi connectivity index (χ2n) is 5.30. The predicted molar refractivity (Wildman–Crippen MR) is 85.8 cm³/mol. The third kappa shape index (κ3) is 3.26. The van der Waals surface area contributed by atoms with Crippen molar-refractivity contribution in [1.82, 2.24) is 9.88 Å². The van der Waals surface area contributed by atoms with Gasteiger partial charge in [-0.15, -0.1) is 0 Å². The number of carbonyl (C=O) groups excluding carboxylic acids is 1. The summed E-state index contributed by atoms with van der Waals surface area (Å²) in [6.07, 6.45) is 3.57. The number of pyridine rings is 1. The van der Waals surface area contributed by atoms with Crippen molar-refractivity contribution in [3.05, 3.63) is 48.3 Å². The topological polar surface area (TPSA) is 54.5 Å². The van der Waals surface area contributed by atoms with Gasteiger partial charge in [0.05, 0.1) is 13.2 Å². The zero-order valence-electron chi connectivity index (χ0n) is 12.6. The van der Waals surface area contributed by atoms with Crippen LogP contribution < -0.4 is 5.32 Å². The Morgan fingerprint density at radius 2 is 2.05 bits per heavy atom. The number of amides is 2. The number of nitrogens with one attached hydrogen (secondary N) is 1. The highest BCUT2D eigenvalue weighted by molar-refractivity contribution is 5.91. The van der Waals surface area contributed by atoms with E-state index in [9.17, 15) is 4.79 Å².